The maximum Gasteiger partial charge on any atom is 0.237 e. The molecule has 1 amide bonds. The molecule has 0 rings (SSSR count). The lowest BCUT2D eigenvalue weighted by molar-refractivity contribution is -0.124. The maximum absolute atomic E-state index is 12.0. The van der Waals surface area contributed by atoms with Crippen molar-refractivity contribution in [1.29, 1.82) is 0 Å². The molecule has 1 atom stereocenters. The molecule has 0 heterocycles. The summed E-state index contributed by atoms with van der Waals surface area (Å²) in [6.07, 6.45) is 2.11. The number of nitrogens with zero attached hydrogens (tertiary/aromatic N) is 1. The molecule has 0 aliphatic rings. The highest BCUT2D eigenvalue weighted by Crippen LogP contribution is 2.06. The van der Waals surface area contributed by atoms with E-state index in [0.717, 1.165) is 32.6 Å². The molecule has 0 aromatic rings. The lowest BCUT2D eigenvalue weighted by atomic mass is 10.0. The first-order valence-electron chi connectivity index (χ1n) is 7.64. The minimum atomic E-state index is -0.133. The monoisotopic (exact) mass is 271 g/mol. The van der Waals surface area contributed by atoms with E-state index in [1.54, 1.807) is 0 Å². The number of carbonyl (C=O) groups excluding carboxylic acids is 1. The molecule has 2 N–H and O–H groups in total. The Balaban J connectivity index is 3.97. The van der Waals surface area contributed by atoms with Gasteiger partial charge in [-0.15, -0.1) is 0 Å². The fourth-order valence-electron chi connectivity index (χ4n) is 1.81. The molecule has 0 aromatic carbocycles. The van der Waals surface area contributed by atoms with E-state index in [-0.39, 0.29) is 17.5 Å². The summed E-state index contributed by atoms with van der Waals surface area (Å²) in [6, 6.07) is -0.133. The standard InChI is InChI=1S/C15H33N3O/c1-7-11-18(9-3)12-10-16-13(4)14(19)17-15(5,6)8-2/h13,16H,7-12H2,1-6H3,(H,17,19). The van der Waals surface area contributed by atoms with Crippen molar-refractivity contribution in [3.8, 4) is 0 Å². The molecule has 0 fully saturated rings. The zero-order valence-electron chi connectivity index (χ0n) is 13.7. The summed E-state index contributed by atoms with van der Waals surface area (Å²) < 4.78 is 0. The van der Waals surface area contributed by atoms with Gasteiger partial charge in [0.25, 0.3) is 0 Å². The second kappa shape index (κ2) is 9.32. The van der Waals surface area contributed by atoms with E-state index in [2.05, 4.69) is 50.2 Å². The Hall–Kier alpha value is -0.610. The molecule has 114 valence electrons. The van der Waals surface area contributed by atoms with Gasteiger partial charge in [0.1, 0.15) is 0 Å². The SMILES string of the molecule is CCCN(CC)CCNC(C)C(=O)NC(C)(C)CC. The molecular weight excluding hydrogens is 238 g/mol. The highest BCUT2D eigenvalue weighted by molar-refractivity contribution is 5.81. The second-order valence-corrected chi connectivity index (χ2v) is 5.84. The third kappa shape index (κ3) is 8.22. The Labute approximate surface area is 119 Å². The van der Waals surface area contributed by atoms with Crippen molar-refractivity contribution in [2.75, 3.05) is 26.2 Å². The smallest absolute Gasteiger partial charge is 0.237 e. The molecule has 19 heavy (non-hydrogen) atoms. The van der Waals surface area contributed by atoms with E-state index in [9.17, 15) is 4.79 Å². The molecule has 0 aliphatic heterocycles. The summed E-state index contributed by atoms with van der Waals surface area (Å²) in [5, 5.41) is 6.37. The van der Waals surface area contributed by atoms with Crippen LogP contribution in [0.25, 0.3) is 0 Å². The molecule has 0 bridgehead atoms. The van der Waals surface area contributed by atoms with Crippen LogP contribution in [-0.2, 0) is 4.79 Å². The molecule has 0 aromatic heterocycles. The largest absolute Gasteiger partial charge is 0.350 e. The van der Waals surface area contributed by atoms with Gasteiger partial charge in [0, 0.05) is 18.6 Å². The minimum Gasteiger partial charge on any atom is -0.350 e. The third-order valence-corrected chi connectivity index (χ3v) is 3.60. The van der Waals surface area contributed by atoms with Crippen LogP contribution in [0.2, 0.25) is 0 Å². The zero-order valence-corrected chi connectivity index (χ0v) is 13.7. The first-order chi connectivity index (χ1) is 8.86. The van der Waals surface area contributed by atoms with Crippen LogP contribution in [-0.4, -0.2) is 48.6 Å². The first-order valence-corrected chi connectivity index (χ1v) is 7.64. The van der Waals surface area contributed by atoms with Gasteiger partial charge in [-0.3, -0.25) is 4.79 Å². The molecule has 0 spiro atoms. The lowest BCUT2D eigenvalue weighted by Gasteiger charge is -2.27. The van der Waals surface area contributed by atoms with E-state index in [1.165, 1.54) is 6.42 Å². The van der Waals surface area contributed by atoms with Gasteiger partial charge < -0.3 is 15.5 Å². The van der Waals surface area contributed by atoms with Gasteiger partial charge in [0.05, 0.1) is 6.04 Å². The summed E-state index contributed by atoms with van der Waals surface area (Å²) in [5.41, 5.74) is -0.120. The summed E-state index contributed by atoms with van der Waals surface area (Å²) in [4.78, 5) is 14.4. The van der Waals surface area contributed by atoms with Gasteiger partial charge in [-0.05, 0) is 46.7 Å². The van der Waals surface area contributed by atoms with E-state index >= 15 is 0 Å². The molecule has 0 saturated carbocycles. The van der Waals surface area contributed by atoms with E-state index < -0.39 is 0 Å². The van der Waals surface area contributed by atoms with Crippen molar-refractivity contribution >= 4 is 5.91 Å². The number of nitrogens with one attached hydrogen (secondary N) is 2. The number of amides is 1. The maximum atomic E-state index is 12.0. The predicted molar refractivity (Wildman–Crippen MR) is 82.4 cm³/mol. The number of rotatable bonds is 10. The van der Waals surface area contributed by atoms with Crippen LogP contribution in [0.4, 0.5) is 0 Å². The lowest BCUT2D eigenvalue weighted by Crippen LogP contribution is -2.51. The molecular formula is C15H33N3O. The van der Waals surface area contributed by atoms with Crippen LogP contribution in [0.15, 0.2) is 0 Å². The topological polar surface area (TPSA) is 44.4 Å². The van der Waals surface area contributed by atoms with E-state index in [4.69, 9.17) is 0 Å². The van der Waals surface area contributed by atoms with Crippen molar-refractivity contribution in [3.05, 3.63) is 0 Å². The number of hydrogen-bond donors (Lipinski definition) is 2. The van der Waals surface area contributed by atoms with Crippen molar-refractivity contribution in [2.45, 2.75) is 66.0 Å². The van der Waals surface area contributed by atoms with Crippen LogP contribution in [0, 0.1) is 0 Å². The molecule has 0 aliphatic carbocycles. The highest BCUT2D eigenvalue weighted by atomic mass is 16.2. The Kier molecular flexibility index (Phi) is 9.02. The second-order valence-electron chi connectivity index (χ2n) is 5.84. The zero-order chi connectivity index (χ0) is 14.9. The van der Waals surface area contributed by atoms with Crippen LogP contribution in [0.3, 0.4) is 0 Å². The fraction of sp³-hybridized carbons (Fsp3) is 0.933. The van der Waals surface area contributed by atoms with Gasteiger partial charge in [0.2, 0.25) is 5.91 Å². The van der Waals surface area contributed by atoms with Crippen LogP contribution >= 0.6 is 0 Å². The van der Waals surface area contributed by atoms with Crippen LogP contribution < -0.4 is 10.6 Å². The summed E-state index contributed by atoms with van der Waals surface area (Å²) in [6.45, 7) is 16.5. The van der Waals surface area contributed by atoms with Gasteiger partial charge in [-0.25, -0.2) is 0 Å². The Bertz CT molecular complexity index is 254. The average Bonchev–Trinajstić information content (AvgIpc) is 2.36. The van der Waals surface area contributed by atoms with Crippen molar-refractivity contribution in [2.24, 2.45) is 0 Å². The van der Waals surface area contributed by atoms with Gasteiger partial charge in [-0.2, -0.15) is 0 Å². The number of likely N-dealkylation sites (N-methyl/N-ethyl adjacent to an activating group) is 1. The summed E-state index contributed by atoms with van der Waals surface area (Å²) in [5.74, 6) is 0.0883. The number of carbonyl (C=O) groups is 1. The van der Waals surface area contributed by atoms with Crippen molar-refractivity contribution in [3.63, 3.8) is 0 Å². The Morgan fingerprint density at radius 1 is 1.21 bits per heavy atom. The van der Waals surface area contributed by atoms with Gasteiger partial charge in [-0.1, -0.05) is 20.8 Å². The summed E-state index contributed by atoms with van der Waals surface area (Å²) >= 11 is 0. The molecule has 0 saturated heterocycles. The van der Waals surface area contributed by atoms with Crippen molar-refractivity contribution < 1.29 is 4.79 Å². The quantitative estimate of drug-likeness (QED) is 0.639. The fourth-order valence-corrected chi connectivity index (χ4v) is 1.81. The van der Waals surface area contributed by atoms with E-state index in [1.807, 2.05) is 6.92 Å². The minimum absolute atomic E-state index is 0.0883. The normalized spacial score (nSPS) is 13.6. The molecule has 1 unspecified atom stereocenters. The molecule has 0 radical (unpaired) electrons. The molecule has 4 heteroatoms. The van der Waals surface area contributed by atoms with Crippen molar-refractivity contribution in [1.82, 2.24) is 15.5 Å². The van der Waals surface area contributed by atoms with Gasteiger partial charge in [0.15, 0.2) is 0 Å². The molecule has 4 nitrogen and oxygen atoms in total. The number of hydrogen-bond acceptors (Lipinski definition) is 3. The average molecular weight is 271 g/mol. The Morgan fingerprint density at radius 3 is 2.32 bits per heavy atom. The van der Waals surface area contributed by atoms with Crippen LogP contribution in [0.1, 0.15) is 54.4 Å². The van der Waals surface area contributed by atoms with E-state index in [0.29, 0.717) is 0 Å². The third-order valence-electron chi connectivity index (χ3n) is 3.60. The highest BCUT2D eigenvalue weighted by Gasteiger charge is 2.21. The summed E-state index contributed by atoms with van der Waals surface area (Å²) in [7, 11) is 0. The Morgan fingerprint density at radius 2 is 1.84 bits per heavy atom. The van der Waals surface area contributed by atoms with Crippen LogP contribution in [0.5, 0.6) is 0 Å². The predicted octanol–water partition coefficient (Wildman–Crippen LogP) is 2.00. The van der Waals surface area contributed by atoms with Gasteiger partial charge >= 0.3 is 0 Å². The first kappa shape index (κ1) is 18.4.